The molecule has 19 heavy (non-hydrogen) atoms. The Kier molecular flexibility index (Phi) is 3.41. The minimum absolute atomic E-state index is 0.285. The zero-order valence-corrected chi connectivity index (χ0v) is 11.1. The number of nitrogens with two attached hydrogens (primary N) is 1. The summed E-state index contributed by atoms with van der Waals surface area (Å²) in [6.07, 6.45) is 0. The summed E-state index contributed by atoms with van der Waals surface area (Å²) in [6.45, 7) is 1.78. The number of nitrogens with zero attached hydrogens (tertiary/aromatic N) is 2. The molecule has 0 unspecified atom stereocenters. The molecule has 2 aromatic rings. The standard InChI is InChI=1S/C13H16N4O2/c1-8-6-12(19-16-8)15-13(18)10-7-9(14)4-5-11(10)17(2)3/h4-7H,14H2,1-3H3,(H,15,18). The number of hydrogen-bond donors (Lipinski definition) is 2. The molecule has 0 aliphatic carbocycles. The van der Waals surface area contributed by atoms with Crippen LogP contribution in [0.4, 0.5) is 17.3 Å². The summed E-state index contributed by atoms with van der Waals surface area (Å²) in [5.41, 5.74) is 8.23. The van der Waals surface area contributed by atoms with Gasteiger partial charge in [0.15, 0.2) is 0 Å². The zero-order valence-electron chi connectivity index (χ0n) is 11.1. The molecular weight excluding hydrogens is 244 g/mol. The molecule has 0 aliphatic rings. The van der Waals surface area contributed by atoms with Gasteiger partial charge in [-0.25, -0.2) is 0 Å². The monoisotopic (exact) mass is 260 g/mol. The largest absolute Gasteiger partial charge is 0.399 e. The predicted octanol–water partition coefficient (Wildman–Crippen LogP) is 1.88. The van der Waals surface area contributed by atoms with Crippen LogP contribution in [0.3, 0.4) is 0 Å². The molecule has 0 aliphatic heterocycles. The van der Waals surface area contributed by atoms with E-state index >= 15 is 0 Å². The van der Waals surface area contributed by atoms with Gasteiger partial charge in [0.1, 0.15) is 0 Å². The average molecular weight is 260 g/mol. The summed E-state index contributed by atoms with van der Waals surface area (Å²) in [6, 6.07) is 6.84. The van der Waals surface area contributed by atoms with Gasteiger partial charge in [-0.05, 0) is 25.1 Å². The molecule has 0 bridgehead atoms. The number of aryl methyl sites for hydroxylation is 1. The lowest BCUT2D eigenvalue weighted by atomic mass is 10.1. The van der Waals surface area contributed by atoms with Crippen LogP contribution in [0.2, 0.25) is 0 Å². The first-order valence-electron chi connectivity index (χ1n) is 5.79. The lowest BCUT2D eigenvalue weighted by Crippen LogP contribution is -2.18. The smallest absolute Gasteiger partial charge is 0.260 e. The van der Waals surface area contributed by atoms with Gasteiger partial charge in [-0.1, -0.05) is 5.16 Å². The van der Waals surface area contributed by atoms with E-state index in [1.807, 2.05) is 19.0 Å². The number of benzene rings is 1. The van der Waals surface area contributed by atoms with Crippen molar-refractivity contribution in [3.8, 4) is 0 Å². The predicted molar refractivity (Wildman–Crippen MR) is 74.4 cm³/mol. The molecule has 0 saturated carbocycles. The van der Waals surface area contributed by atoms with Crippen molar-refractivity contribution in [2.24, 2.45) is 0 Å². The topological polar surface area (TPSA) is 84.4 Å². The fourth-order valence-electron chi connectivity index (χ4n) is 1.73. The number of anilines is 3. The van der Waals surface area contributed by atoms with Crippen molar-refractivity contribution in [2.45, 2.75) is 6.92 Å². The molecule has 0 fully saturated rings. The highest BCUT2D eigenvalue weighted by molar-refractivity contribution is 6.08. The third-order valence-electron chi connectivity index (χ3n) is 2.61. The van der Waals surface area contributed by atoms with E-state index in [1.165, 1.54) is 0 Å². The molecule has 100 valence electrons. The zero-order chi connectivity index (χ0) is 14.0. The van der Waals surface area contributed by atoms with Crippen molar-refractivity contribution >= 4 is 23.2 Å². The molecule has 1 aromatic heterocycles. The quantitative estimate of drug-likeness (QED) is 0.823. The molecule has 6 heteroatoms. The summed E-state index contributed by atoms with van der Waals surface area (Å²) in [7, 11) is 3.72. The van der Waals surface area contributed by atoms with E-state index in [0.717, 1.165) is 5.69 Å². The second-order valence-electron chi connectivity index (χ2n) is 4.46. The van der Waals surface area contributed by atoms with Crippen LogP contribution < -0.4 is 16.0 Å². The molecule has 0 atom stereocenters. The normalized spacial score (nSPS) is 10.3. The van der Waals surface area contributed by atoms with Crippen molar-refractivity contribution in [2.75, 3.05) is 30.0 Å². The number of hydrogen-bond acceptors (Lipinski definition) is 5. The average Bonchev–Trinajstić information content (AvgIpc) is 2.74. The third kappa shape index (κ3) is 2.85. The third-order valence-corrected chi connectivity index (χ3v) is 2.61. The highest BCUT2D eigenvalue weighted by Crippen LogP contribution is 2.22. The molecule has 2 rings (SSSR count). The van der Waals surface area contributed by atoms with Gasteiger partial charge < -0.3 is 15.2 Å². The molecule has 1 heterocycles. The number of rotatable bonds is 3. The fraction of sp³-hybridized carbons (Fsp3) is 0.231. The molecule has 0 saturated heterocycles. The Morgan fingerprint density at radius 2 is 2.11 bits per heavy atom. The lowest BCUT2D eigenvalue weighted by molar-refractivity contribution is 0.102. The van der Waals surface area contributed by atoms with Crippen molar-refractivity contribution in [3.05, 3.63) is 35.5 Å². The first-order valence-corrected chi connectivity index (χ1v) is 5.79. The van der Waals surface area contributed by atoms with Crippen LogP contribution in [0.25, 0.3) is 0 Å². The molecular formula is C13H16N4O2. The summed E-state index contributed by atoms with van der Waals surface area (Å²) < 4.78 is 4.96. The van der Waals surface area contributed by atoms with Crippen LogP contribution in [0, 0.1) is 6.92 Å². The number of carbonyl (C=O) groups is 1. The van der Waals surface area contributed by atoms with Gasteiger partial charge in [-0.15, -0.1) is 0 Å². The van der Waals surface area contributed by atoms with Gasteiger partial charge in [0.2, 0.25) is 5.88 Å². The van der Waals surface area contributed by atoms with E-state index in [1.54, 1.807) is 31.2 Å². The fourth-order valence-corrected chi connectivity index (χ4v) is 1.73. The maximum absolute atomic E-state index is 12.2. The number of nitrogen functional groups attached to an aromatic ring is 1. The first kappa shape index (κ1) is 12.9. The Balaban J connectivity index is 2.30. The first-order chi connectivity index (χ1) is 8.97. The van der Waals surface area contributed by atoms with Crippen LogP contribution in [0.15, 0.2) is 28.8 Å². The van der Waals surface area contributed by atoms with Crippen LogP contribution in [-0.4, -0.2) is 25.2 Å². The lowest BCUT2D eigenvalue weighted by Gasteiger charge is -2.17. The highest BCUT2D eigenvalue weighted by atomic mass is 16.5. The second-order valence-corrected chi connectivity index (χ2v) is 4.46. The van der Waals surface area contributed by atoms with Gasteiger partial charge in [0.05, 0.1) is 11.3 Å². The van der Waals surface area contributed by atoms with Crippen LogP contribution in [0.5, 0.6) is 0 Å². The number of nitrogens with one attached hydrogen (secondary N) is 1. The van der Waals surface area contributed by atoms with Gasteiger partial charge in [0.25, 0.3) is 5.91 Å². The van der Waals surface area contributed by atoms with E-state index in [2.05, 4.69) is 10.5 Å². The number of carbonyl (C=O) groups excluding carboxylic acids is 1. The Hall–Kier alpha value is -2.50. The molecule has 6 nitrogen and oxygen atoms in total. The number of amides is 1. The maximum atomic E-state index is 12.2. The van der Waals surface area contributed by atoms with Gasteiger partial charge >= 0.3 is 0 Å². The number of aromatic nitrogens is 1. The van der Waals surface area contributed by atoms with Gasteiger partial charge in [-0.2, -0.15) is 0 Å². The van der Waals surface area contributed by atoms with E-state index in [4.69, 9.17) is 10.3 Å². The second kappa shape index (κ2) is 5.01. The van der Waals surface area contributed by atoms with E-state index in [9.17, 15) is 4.79 Å². The minimum atomic E-state index is -0.285. The van der Waals surface area contributed by atoms with Crippen molar-refractivity contribution in [1.29, 1.82) is 0 Å². The van der Waals surface area contributed by atoms with E-state index in [0.29, 0.717) is 22.8 Å². The summed E-state index contributed by atoms with van der Waals surface area (Å²) in [5.74, 6) is 0.0294. The minimum Gasteiger partial charge on any atom is -0.399 e. The van der Waals surface area contributed by atoms with Gasteiger partial charge in [0, 0.05) is 31.5 Å². The van der Waals surface area contributed by atoms with Crippen LogP contribution >= 0.6 is 0 Å². The van der Waals surface area contributed by atoms with Crippen molar-refractivity contribution in [3.63, 3.8) is 0 Å². The molecule has 3 N–H and O–H groups in total. The summed E-state index contributed by atoms with van der Waals surface area (Å²) in [4.78, 5) is 14.1. The molecule has 1 aromatic carbocycles. The Bertz CT molecular complexity index is 604. The Morgan fingerprint density at radius 1 is 1.37 bits per heavy atom. The molecule has 0 spiro atoms. The van der Waals surface area contributed by atoms with Crippen molar-refractivity contribution in [1.82, 2.24) is 5.16 Å². The SMILES string of the molecule is Cc1cc(NC(=O)c2cc(N)ccc2N(C)C)on1. The van der Waals surface area contributed by atoms with E-state index in [-0.39, 0.29) is 5.91 Å². The molecule has 0 radical (unpaired) electrons. The van der Waals surface area contributed by atoms with Crippen LogP contribution in [0.1, 0.15) is 16.1 Å². The van der Waals surface area contributed by atoms with Gasteiger partial charge in [-0.3, -0.25) is 10.1 Å². The Morgan fingerprint density at radius 3 is 2.68 bits per heavy atom. The summed E-state index contributed by atoms with van der Waals surface area (Å²) in [5, 5.41) is 6.36. The highest BCUT2D eigenvalue weighted by Gasteiger charge is 2.15. The maximum Gasteiger partial charge on any atom is 0.260 e. The van der Waals surface area contributed by atoms with Crippen LogP contribution in [-0.2, 0) is 0 Å². The molecule has 1 amide bonds. The van der Waals surface area contributed by atoms with E-state index < -0.39 is 0 Å². The Labute approximate surface area is 111 Å². The van der Waals surface area contributed by atoms with Crippen molar-refractivity contribution < 1.29 is 9.32 Å². The summed E-state index contributed by atoms with van der Waals surface area (Å²) >= 11 is 0.